The summed E-state index contributed by atoms with van der Waals surface area (Å²) < 4.78 is 11.9. The molecule has 1 aromatic carbocycles. The number of allylic oxidation sites excluding steroid dienone is 2. The maximum atomic E-state index is 13.7. The molecule has 2 amide bonds. The number of aliphatic hydroxyl groups is 1. The molecular formula is C29H34BNO7. The van der Waals surface area contributed by atoms with Crippen LogP contribution in [-0.2, 0) is 20.9 Å². The fourth-order valence-electron chi connectivity index (χ4n) is 6.32. The van der Waals surface area contributed by atoms with Crippen molar-refractivity contribution >= 4 is 36.2 Å². The maximum absolute atomic E-state index is 13.7. The van der Waals surface area contributed by atoms with Crippen molar-refractivity contribution in [3.05, 3.63) is 64.6 Å². The fourth-order valence-corrected chi connectivity index (χ4v) is 6.32. The summed E-state index contributed by atoms with van der Waals surface area (Å²) >= 11 is 0. The van der Waals surface area contributed by atoms with Crippen LogP contribution in [0.3, 0.4) is 0 Å². The minimum atomic E-state index is -1.68. The van der Waals surface area contributed by atoms with Gasteiger partial charge in [0.2, 0.25) is 11.8 Å². The Morgan fingerprint density at radius 1 is 1.13 bits per heavy atom. The third kappa shape index (κ3) is 4.80. The van der Waals surface area contributed by atoms with E-state index in [-0.39, 0.29) is 35.9 Å². The van der Waals surface area contributed by atoms with Crippen LogP contribution in [0, 0.1) is 17.8 Å². The molecule has 3 heterocycles. The van der Waals surface area contributed by atoms with Crippen molar-refractivity contribution in [3.63, 3.8) is 0 Å². The third-order valence-corrected chi connectivity index (χ3v) is 8.23. The number of benzene rings is 1. The number of furan rings is 1. The lowest BCUT2D eigenvalue weighted by atomic mass is 9.69. The molecule has 0 radical (unpaired) electrons. The first-order valence-corrected chi connectivity index (χ1v) is 13.4. The summed E-state index contributed by atoms with van der Waals surface area (Å²) in [5, 5.41) is 28.4. The van der Waals surface area contributed by atoms with E-state index < -0.39 is 19.0 Å². The van der Waals surface area contributed by atoms with E-state index in [4.69, 9.17) is 9.15 Å². The summed E-state index contributed by atoms with van der Waals surface area (Å²) in [5.41, 5.74) is 4.22. The molecule has 8 nitrogen and oxygen atoms in total. The first kappa shape index (κ1) is 26.6. The molecular weight excluding hydrogens is 485 g/mol. The summed E-state index contributed by atoms with van der Waals surface area (Å²) in [6, 6.07) is 9.94. The number of ether oxygens (including phenoxy) is 1. The number of imide groups is 1. The van der Waals surface area contributed by atoms with Gasteiger partial charge in [-0.3, -0.25) is 14.5 Å². The van der Waals surface area contributed by atoms with Gasteiger partial charge in [0, 0.05) is 5.92 Å². The van der Waals surface area contributed by atoms with Gasteiger partial charge in [0.05, 0.1) is 30.2 Å². The SMILES string of the molecule is CCC1=C2[C@@H](CC/C(=C/c3ccc(CO)o3)CC)OC[C@@H]2[C@@H]2C(=O)N(c3cccc(B(O)O)c3)C(=O)[C@@H]2C1. The molecule has 0 saturated carbocycles. The normalized spacial score (nSPS) is 25.3. The van der Waals surface area contributed by atoms with Crippen molar-refractivity contribution in [3.8, 4) is 0 Å². The van der Waals surface area contributed by atoms with Crippen LogP contribution < -0.4 is 10.4 Å². The summed E-state index contributed by atoms with van der Waals surface area (Å²) in [6.07, 6.45) is 5.72. The molecule has 38 heavy (non-hydrogen) atoms. The molecule has 2 fully saturated rings. The Balaban J connectivity index is 1.36. The van der Waals surface area contributed by atoms with Gasteiger partial charge in [-0.15, -0.1) is 0 Å². The van der Waals surface area contributed by atoms with Crippen LogP contribution in [0.5, 0.6) is 0 Å². The van der Waals surface area contributed by atoms with Crippen LogP contribution in [0.4, 0.5) is 5.69 Å². The lowest BCUT2D eigenvalue weighted by Crippen LogP contribution is -2.35. The number of carbonyl (C=O) groups excluding carboxylic acids is 2. The lowest BCUT2D eigenvalue weighted by molar-refractivity contribution is -0.122. The first-order chi connectivity index (χ1) is 18.4. The number of aliphatic hydroxyl groups excluding tert-OH is 1. The molecule has 200 valence electrons. The summed E-state index contributed by atoms with van der Waals surface area (Å²) in [4.78, 5) is 28.4. The van der Waals surface area contributed by atoms with E-state index in [0.717, 1.165) is 31.4 Å². The average molecular weight is 519 g/mol. The molecule has 2 aliphatic heterocycles. The number of fused-ring (bicyclic) bond motifs is 3. The number of carbonyl (C=O) groups is 2. The molecule has 4 atom stereocenters. The highest BCUT2D eigenvalue weighted by Crippen LogP contribution is 2.51. The van der Waals surface area contributed by atoms with Crippen molar-refractivity contribution in [2.24, 2.45) is 17.8 Å². The Bertz CT molecular complexity index is 1280. The van der Waals surface area contributed by atoms with Crippen LogP contribution in [0.1, 0.15) is 57.5 Å². The lowest BCUT2D eigenvalue weighted by Gasteiger charge is -2.31. The number of amides is 2. The van der Waals surface area contributed by atoms with Crippen LogP contribution in [0.15, 0.2) is 57.5 Å². The summed E-state index contributed by atoms with van der Waals surface area (Å²) in [7, 11) is -1.68. The van der Waals surface area contributed by atoms with Gasteiger partial charge in [-0.25, -0.2) is 0 Å². The van der Waals surface area contributed by atoms with Gasteiger partial charge in [0.1, 0.15) is 18.1 Å². The Hall–Kier alpha value is -2.98. The highest BCUT2D eigenvalue weighted by atomic mass is 16.5. The summed E-state index contributed by atoms with van der Waals surface area (Å²) in [5.74, 6) is -0.241. The highest BCUT2D eigenvalue weighted by molar-refractivity contribution is 6.58. The van der Waals surface area contributed by atoms with Crippen LogP contribution in [0.25, 0.3) is 6.08 Å². The molecule has 1 aliphatic carbocycles. The van der Waals surface area contributed by atoms with Crippen molar-refractivity contribution in [2.75, 3.05) is 11.5 Å². The zero-order valence-electron chi connectivity index (χ0n) is 21.8. The van der Waals surface area contributed by atoms with Gasteiger partial charge in [-0.2, -0.15) is 0 Å². The maximum Gasteiger partial charge on any atom is 0.488 e. The molecule has 0 unspecified atom stereocenters. The van der Waals surface area contributed by atoms with Crippen molar-refractivity contribution in [1.82, 2.24) is 0 Å². The van der Waals surface area contributed by atoms with E-state index in [2.05, 4.69) is 13.8 Å². The summed E-state index contributed by atoms with van der Waals surface area (Å²) in [6.45, 7) is 4.48. The van der Waals surface area contributed by atoms with E-state index in [9.17, 15) is 24.7 Å². The predicted molar refractivity (Wildman–Crippen MR) is 143 cm³/mol. The fraction of sp³-hybridized carbons (Fsp3) is 0.448. The van der Waals surface area contributed by atoms with Gasteiger partial charge in [-0.1, -0.05) is 37.1 Å². The van der Waals surface area contributed by atoms with Gasteiger partial charge in [0.15, 0.2) is 0 Å². The molecule has 2 aromatic rings. The van der Waals surface area contributed by atoms with Crippen molar-refractivity contribution in [1.29, 1.82) is 0 Å². The Labute approximate surface area is 222 Å². The van der Waals surface area contributed by atoms with E-state index in [0.29, 0.717) is 24.5 Å². The number of hydrogen-bond acceptors (Lipinski definition) is 7. The van der Waals surface area contributed by atoms with E-state index in [1.807, 2.05) is 12.1 Å². The van der Waals surface area contributed by atoms with Gasteiger partial charge >= 0.3 is 7.12 Å². The largest absolute Gasteiger partial charge is 0.488 e. The molecule has 0 bridgehead atoms. The van der Waals surface area contributed by atoms with Gasteiger partial charge in [0.25, 0.3) is 0 Å². The van der Waals surface area contributed by atoms with Crippen molar-refractivity contribution in [2.45, 2.75) is 58.7 Å². The Morgan fingerprint density at radius 2 is 1.95 bits per heavy atom. The second-order valence-corrected chi connectivity index (χ2v) is 10.3. The first-order valence-electron chi connectivity index (χ1n) is 13.4. The minimum Gasteiger partial charge on any atom is -0.459 e. The Kier molecular flexibility index (Phi) is 7.72. The van der Waals surface area contributed by atoms with Crippen LogP contribution in [0.2, 0.25) is 0 Å². The Morgan fingerprint density at radius 3 is 2.63 bits per heavy atom. The minimum absolute atomic E-state index is 0.0970. The zero-order chi connectivity index (χ0) is 27.0. The van der Waals surface area contributed by atoms with E-state index in [1.165, 1.54) is 27.7 Å². The number of hydrogen-bond donors (Lipinski definition) is 3. The molecule has 2 saturated heterocycles. The van der Waals surface area contributed by atoms with Gasteiger partial charge in [-0.05, 0) is 73.5 Å². The van der Waals surface area contributed by atoms with E-state index >= 15 is 0 Å². The zero-order valence-corrected chi connectivity index (χ0v) is 21.8. The molecule has 5 rings (SSSR count). The monoisotopic (exact) mass is 519 g/mol. The predicted octanol–water partition coefficient (Wildman–Crippen LogP) is 2.96. The van der Waals surface area contributed by atoms with Crippen LogP contribution in [-0.4, -0.2) is 46.8 Å². The second kappa shape index (κ2) is 11.0. The smallest absolute Gasteiger partial charge is 0.459 e. The second-order valence-electron chi connectivity index (χ2n) is 10.3. The number of rotatable bonds is 9. The van der Waals surface area contributed by atoms with Crippen molar-refractivity contribution < 1.29 is 33.9 Å². The number of nitrogens with zero attached hydrogens (tertiary/aromatic N) is 1. The molecule has 1 aromatic heterocycles. The number of anilines is 1. The van der Waals surface area contributed by atoms with Gasteiger partial charge < -0.3 is 24.3 Å². The van der Waals surface area contributed by atoms with Crippen LogP contribution >= 0.6 is 0 Å². The topological polar surface area (TPSA) is 120 Å². The molecule has 9 heteroatoms. The third-order valence-electron chi connectivity index (χ3n) is 8.23. The standard InChI is InChI=1S/C29H34BNO7/c1-3-17(12-21-9-10-22(15-32)38-21)8-11-25-26-18(4-2)13-23-27(24(26)16-37-25)29(34)31(28(23)33)20-7-5-6-19(14-20)30(35)36/h5-7,9-10,12,14,23-25,27,32,35-36H,3-4,8,11,13,15-16H2,1-2H3/b17-12+/t23-,24+,25-,27-/m1/s1. The quantitative estimate of drug-likeness (QED) is 0.265. The van der Waals surface area contributed by atoms with E-state index in [1.54, 1.807) is 24.3 Å². The molecule has 3 N–H and O–H groups in total. The molecule has 0 spiro atoms. The highest BCUT2D eigenvalue weighted by Gasteiger charge is 2.57. The molecule has 3 aliphatic rings. The average Bonchev–Trinajstić information content (AvgIpc) is 3.62.